The Morgan fingerprint density at radius 3 is 2.60 bits per heavy atom. The van der Waals surface area contributed by atoms with E-state index in [1.165, 1.54) is 34.6 Å². The lowest BCUT2D eigenvalue weighted by Gasteiger charge is -2.34. The molecule has 2 aliphatic rings. The Kier molecular flexibility index (Phi) is 2.09. The summed E-state index contributed by atoms with van der Waals surface area (Å²) in [5.41, 5.74) is 1.13. The molecule has 0 bridgehead atoms. The van der Waals surface area contributed by atoms with Crippen molar-refractivity contribution in [2.75, 3.05) is 0 Å². The Morgan fingerprint density at radius 1 is 1.27 bits per heavy atom. The van der Waals surface area contributed by atoms with Crippen LogP contribution < -0.4 is 0 Å². The minimum Gasteiger partial charge on any atom is -0.197 e. The molecule has 1 aromatic rings. The van der Waals surface area contributed by atoms with Gasteiger partial charge in [0.25, 0.3) is 0 Å². The first-order valence-corrected chi connectivity index (χ1v) is 6.68. The highest BCUT2D eigenvalue weighted by atomic mass is 35.5. The number of hydrogen-bond donors (Lipinski definition) is 0. The van der Waals surface area contributed by atoms with Crippen LogP contribution in [0.2, 0.25) is 5.02 Å². The van der Waals surface area contributed by atoms with E-state index >= 15 is 0 Å². The van der Waals surface area contributed by atoms with E-state index in [4.69, 9.17) is 11.6 Å². The van der Waals surface area contributed by atoms with E-state index in [9.17, 15) is 5.26 Å². The van der Waals surface area contributed by atoms with E-state index in [0.717, 1.165) is 24.3 Å². The van der Waals surface area contributed by atoms with Gasteiger partial charge in [0.1, 0.15) is 0 Å². The molecule has 1 heterocycles. The summed E-state index contributed by atoms with van der Waals surface area (Å²) >= 11 is 8.21. The average molecular weight is 238 g/mol. The SMILES string of the molecule is N#CC1(c2sc3c(c2Cl)CCC3)CCC1. The zero-order valence-corrected chi connectivity index (χ0v) is 10.0. The second-order valence-corrected chi connectivity index (χ2v) is 6.03. The Hall–Kier alpha value is -0.520. The molecule has 2 aliphatic carbocycles. The van der Waals surface area contributed by atoms with Gasteiger partial charge >= 0.3 is 0 Å². The molecular weight excluding hydrogens is 226 g/mol. The van der Waals surface area contributed by atoms with Gasteiger partial charge in [-0.15, -0.1) is 11.3 Å². The smallest absolute Gasteiger partial charge is 0.0929 e. The summed E-state index contributed by atoms with van der Waals surface area (Å²) in [6, 6.07) is 2.49. The van der Waals surface area contributed by atoms with Crippen molar-refractivity contribution in [1.29, 1.82) is 5.26 Å². The number of rotatable bonds is 1. The van der Waals surface area contributed by atoms with Crippen molar-refractivity contribution in [3.63, 3.8) is 0 Å². The molecule has 1 fully saturated rings. The van der Waals surface area contributed by atoms with Gasteiger partial charge in [0, 0.05) is 9.75 Å². The topological polar surface area (TPSA) is 23.8 Å². The maximum Gasteiger partial charge on any atom is 0.0929 e. The van der Waals surface area contributed by atoms with Gasteiger partial charge in [0.2, 0.25) is 0 Å². The number of nitrogens with zero attached hydrogens (tertiary/aromatic N) is 1. The molecule has 0 unspecified atom stereocenters. The van der Waals surface area contributed by atoms with Crippen LogP contribution in [0.4, 0.5) is 0 Å². The predicted molar refractivity (Wildman–Crippen MR) is 62.5 cm³/mol. The van der Waals surface area contributed by atoms with Crippen molar-refractivity contribution in [3.8, 4) is 6.07 Å². The van der Waals surface area contributed by atoms with E-state index in [1.54, 1.807) is 11.3 Å². The van der Waals surface area contributed by atoms with Crippen LogP contribution in [-0.2, 0) is 18.3 Å². The molecule has 0 spiro atoms. The zero-order chi connectivity index (χ0) is 10.5. The standard InChI is InChI=1S/C12H12ClNS/c13-10-8-3-1-4-9(8)15-11(10)12(7-14)5-2-6-12/h1-6H2. The van der Waals surface area contributed by atoms with Crippen LogP contribution in [0.5, 0.6) is 0 Å². The molecule has 0 radical (unpaired) electrons. The third kappa shape index (κ3) is 1.20. The maximum atomic E-state index is 9.30. The monoisotopic (exact) mass is 237 g/mol. The van der Waals surface area contributed by atoms with E-state index in [-0.39, 0.29) is 5.41 Å². The molecule has 0 saturated heterocycles. The lowest BCUT2D eigenvalue weighted by atomic mass is 9.69. The number of hydrogen-bond acceptors (Lipinski definition) is 2. The van der Waals surface area contributed by atoms with Crippen LogP contribution in [0.15, 0.2) is 0 Å². The summed E-state index contributed by atoms with van der Waals surface area (Å²) in [5, 5.41) is 10.2. The van der Waals surface area contributed by atoms with E-state index in [0.29, 0.717) is 0 Å². The minimum absolute atomic E-state index is 0.216. The first-order chi connectivity index (χ1) is 7.27. The van der Waals surface area contributed by atoms with Crippen molar-refractivity contribution in [2.24, 2.45) is 0 Å². The molecule has 78 valence electrons. The fraction of sp³-hybridized carbons (Fsp3) is 0.583. The predicted octanol–water partition coefficient (Wildman–Crippen LogP) is 3.84. The van der Waals surface area contributed by atoms with Crippen LogP contribution >= 0.6 is 22.9 Å². The molecule has 0 aromatic carbocycles. The van der Waals surface area contributed by atoms with Gasteiger partial charge in [-0.05, 0) is 44.1 Å². The molecule has 0 amide bonds. The fourth-order valence-corrected chi connectivity index (χ4v) is 4.63. The maximum absolute atomic E-state index is 9.30. The molecule has 0 aliphatic heterocycles. The van der Waals surface area contributed by atoms with Gasteiger partial charge < -0.3 is 0 Å². The van der Waals surface area contributed by atoms with Crippen LogP contribution in [0, 0.1) is 11.3 Å². The molecule has 1 saturated carbocycles. The van der Waals surface area contributed by atoms with Crippen LogP contribution in [0.3, 0.4) is 0 Å². The molecule has 0 atom stereocenters. The number of halogens is 1. The third-order valence-electron chi connectivity index (χ3n) is 3.71. The summed E-state index contributed by atoms with van der Waals surface area (Å²) in [6.45, 7) is 0. The Balaban J connectivity index is 2.10. The summed E-state index contributed by atoms with van der Waals surface area (Å²) in [6.07, 6.45) is 6.70. The highest BCUT2D eigenvalue weighted by Gasteiger charge is 2.43. The molecule has 0 N–H and O–H groups in total. The fourth-order valence-electron chi connectivity index (χ4n) is 2.59. The van der Waals surface area contributed by atoms with E-state index in [1.807, 2.05) is 0 Å². The van der Waals surface area contributed by atoms with Gasteiger partial charge in [0.05, 0.1) is 16.5 Å². The van der Waals surface area contributed by atoms with Crippen LogP contribution in [-0.4, -0.2) is 0 Å². The van der Waals surface area contributed by atoms with Crippen LogP contribution in [0.25, 0.3) is 0 Å². The van der Waals surface area contributed by atoms with Gasteiger partial charge in [-0.2, -0.15) is 5.26 Å². The highest BCUT2D eigenvalue weighted by molar-refractivity contribution is 7.13. The first-order valence-electron chi connectivity index (χ1n) is 5.49. The Bertz CT molecular complexity index is 451. The first kappa shape index (κ1) is 9.69. The van der Waals surface area contributed by atoms with Crippen molar-refractivity contribution >= 4 is 22.9 Å². The Labute approximate surface area is 98.7 Å². The quantitative estimate of drug-likeness (QED) is 0.728. The molecule has 3 rings (SSSR count). The van der Waals surface area contributed by atoms with Gasteiger partial charge in [0.15, 0.2) is 0 Å². The average Bonchev–Trinajstić information content (AvgIpc) is 2.71. The lowest BCUT2D eigenvalue weighted by Crippen LogP contribution is -2.31. The largest absolute Gasteiger partial charge is 0.197 e. The molecule has 1 aromatic heterocycles. The van der Waals surface area contributed by atoms with Gasteiger partial charge in [-0.3, -0.25) is 0 Å². The number of thiophene rings is 1. The van der Waals surface area contributed by atoms with Gasteiger partial charge in [-0.1, -0.05) is 11.6 Å². The highest BCUT2D eigenvalue weighted by Crippen LogP contribution is 2.52. The normalized spacial score (nSPS) is 21.9. The van der Waals surface area contributed by atoms with Crippen molar-refractivity contribution in [1.82, 2.24) is 0 Å². The molecular formula is C12H12ClNS. The number of aryl methyl sites for hydroxylation is 1. The van der Waals surface area contributed by atoms with Crippen LogP contribution in [0.1, 0.15) is 41.0 Å². The lowest BCUT2D eigenvalue weighted by molar-refractivity contribution is 0.330. The number of nitriles is 1. The second-order valence-electron chi connectivity index (χ2n) is 4.55. The molecule has 1 nitrogen and oxygen atoms in total. The van der Waals surface area contributed by atoms with E-state index < -0.39 is 0 Å². The van der Waals surface area contributed by atoms with Gasteiger partial charge in [-0.25, -0.2) is 0 Å². The summed E-state index contributed by atoms with van der Waals surface area (Å²) < 4.78 is 0. The summed E-state index contributed by atoms with van der Waals surface area (Å²) in [5.74, 6) is 0. The number of fused-ring (bicyclic) bond motifs is 1. The Morgan fingerprint density at radius 2 is 2.07 bits per heavy atom. The second kappa shape index (κ2) is 3.23. The van der Waals surface area contributed by atoms with Crippen molar-refractivity contribution < 1.29 is 0 Å². The van der Waals surface area contributed by atoms with E-state index in [2.05, 4.69) is 6.07 Å². The minimum atomic E-state index is -0.216. The van der Waals surface area contributed by atoms with Crippen molar-refractivity contribution in [2.45, 2.75) is 43.9 Å². The van der Waals surface area contributed by atoms with Crippen molar-refractivity contribution in [3.05, 3.63) is 20.3 Å². The third-order valence-corrected chi connectivity index (χ3v) is 5.74. The zero-order valence-electron chi connectivity index (χ0n) is 8.48. The summed E-state index contributed by atoms with van der Waals surface area (Å²) in [4.78, 5) is 2.61. The molecule has 3 heteroatoms. The molecule has 15 heavy (non-hydrogen) atoms. The summed E-state index contributed by atoms with van der Waals surface area (Å²) in [7, 11) is 0.